The molecule has 0 N–H and O–H groups in total. The molecule has 4 nitrogen and oxygen atoms in total. The van der Waals surface area contributed by atoms with Gasteiger partial charge >= 0.3 is 12.4 Å². The summed E-state index contributed by atoms with van der Waals surface area (Å²) in [6.45, 7) is -2.82. The maximum atomic E-state index is 12.3. The fourth-order valence-electron chi connectivity index (χ4n) is 1.98. The minimum absolute atomic E-state index is 0.0323. The van der Waals surface area contributed by atoms with Crippen LogP contribution in [0.5, 0.6) is 0 Å². The predicted octanol–water partition coefficient (Wildman–Crippen LogP) is 1.66. The first-order chi connectivity index (χ1) is 9.57. The fourth-order valence-corrected chi connectivity index (χ4v) is 1.98. The molecule has 0 aromatic carbocycles. The summed E-state index contributed by atoms with van der Waals surface area (Å²) in [7, 11) is 0. The fraction of sp³-hybridized carbons (Fsp3) is 0.909. The van der Waals surface area contributed by atoms with E-state index in [4.69, 9.17) is 0 Å². The zero-order chi connectivity index (χ0) is 16.1. The highest BCUT2D eigenvalue weighted by Crippen LogP contribution is 2.18. The molecule has 0 saturated carbocycles. The van der Waals surface area contributed by atoms with Gasteiger partial charge in [-0.25, -0.2) is 0 Å². The second kappa shape index (κ2) is 7.30. The lowest BCUT2D eigenvalue weighted by atomic mass is 10.3. The van der Waals surface area contributed by atoms with Crippen molar-refractivity contribution in [2.24, 2.45) is 0 Å². The van der Waals surface area contributed by atoms with Gasteiger partial charge in [0.2, 0.25) is 5.91 Å². The Bertz CT molecular complexity index is 345. The second-order valence-corrected chi connectivity index (χ2v) is 4.73. The minimum Gasteiger partial charge on any atom is -0.362 e. The molecule has 21 heavy (non-hydrogen) atoms. The van der Waals surface area contributed by atoms with Gasteiger partial charge in [-0.3, -0.25) is 9.69 Å². The van der Waals surface area contributed by atoms with E-state index in [-0.39, 0.29) is 26.2 Å². The Balaban J connectivity index is 2.35. The van der Waals surface area contributed by atoms with Crippen LogP contribution in [0.2, 0.25) is 0 Å². The van der Waals surface area contributed by atoms with Crippen LogP contribution in [-0.4, -0.2) is 74.0 Å². The van der Waals surface area contributed by atoms with E-state index in [1.807, 2.05) is 0 Å². The van der Waals surface area contributed by atoms with Crippen LogP contribution in [0.4, 0.5) is 26.3 Å². The van der Waals surface area contributed by atoms with Crippen LogP contribution >= 0.6 is 0 Å². The van der Waals surface area contributed by atoms with E-state index < -0.39 is 38.0 Å². The minimum atomic E-state index is -4.51. The Morgan fingerprint density at radius 2 is 1.62 bits per heavy atom. The van der Waals surface area contributed by atoms with Crippen molar-refractivity contribution in [3.05, 3.63) is 0 Å². The van der Waals surface area contributed by atoms with E-state index >= 15 is 0 Å². The van der Waals surface area contributed by atoms with Gasteiger partial charge < -0.3 is 9.64 Å². The summed E-state index contributed by atoms with van der Waals surface area (Å²) < 4.78 is 76.6. The normalized spacial score (nSPS) is 18.7. The monoisotopic (exact) mass is 322 g/mol. The number of carbonyl (C=O) groups excluding carboxylic acids is 1. The van der Waals surface area contributed by atoms with E-state index in [0.717, 1.165) is 0 Å². The maximum Gasteiger partial charge on any atom is 0.411 e. The van der Waals surface area contributed by atoms with Crippen molar-refractivity contribution >= 4 is 5.91 Å². The Kier molecular flexibility index (Phi) is 6.26. The van der Waals surface area contributed by atoms with Crippen LogP contribution in [0.25, 0.3) is 0 Å². The van der Waals surface area contributed by atoms with Crippen molar-refractivity contribution in [3.8, 4) is 0 Å². The molecule has 1 heterocycles. The molecular formula is C11H16F6N2O2. The third-order valence-corrected chi connectivity index (χ3v) is 2.84. The number of nitrogens with zero attached hydrogens (tertiary/aromatic N) is 2. The first-order valence-corrected chi connectivity index (χ1v) is 6.28. The van der Waals surface area contributed by atoms with Crippen molar-refractivity contribution in [1.29, 1.82) is 0 Å². The van der Waals surface area contributed by atoms with E-state index in [1.165, 1.54) is 9.80 Å². The third kappa shape index (κ3) is 8.10. The summed E-state index contributed by atoms with van der Waals surface area (Å²) in [6.07, 6.45) is -8.49. The van der Waals surface area contributed by atoms with E-state index in [1.54, 1.807) is 0 Å². The molecule has 0 spiro atoms. The summed E-state index contributed by atoms with van der Waals surface area (Å²) in [5.74, 6) is -0.645. The van der Waals surface area contributed by atoms with E-state index in [9.17, 15) is 31.1 Å². The van der Waals surface area contributed by atoms with E-state index in [2.05, 4.69) is 4.74 Å². The zero-order valence-corrected chi connectivity index (χ0v) is 11.1. The molecule has 10 heteroatoms. The molecule has 1 aliphatic rings. The lowest BCUT2D eigenvalue weighted by Gasteiger charge is -2.22. The molecule has 0 aliphatic carbocycles. The van der Waals surface area contributed by atoms with Crippen molar-refractivity contribution in [3.63, 3.8) is 0 Å². The maximum absolute atomic E-state index is 12.3. The van der Waals surface area contributed by atoms with Gasteiger partial charge in [-0.15, -0.1) is 0 Å². The highest BCUT2D eigenvalue weighted by Gasteiger charge is 2.32. The van der Waals surface area contributed by atoms with Gasteiger partial charge in [0.15, 0.2) is 0 Å². The number of hydrogen-bond donors (Lipinski definition) is 0. The molecule has 1 rings (SSSR count). The Morgan fingerprint density at radius 1 is 0.952 bits per heavy atom. The molecule has 1 saturated heterocycles. The van der Waals surface area contributed by atoms with Gasteiger partial charge in [-0.05, 0) is 6.42 Å². The summed E-state index contributed by atoms with van der Waals surface area (Å²) in [5.41, 5.74) is 0. The first kappa shape index (κ1) is 18.0. The van der Waals surface area contributed by atoms with Crippen LogP contribution < -0.4 is 0 Å². The van der Waals surface area contributed by atoms with Crippen molar-refractivity contribution in [1.82, 2.24) is 9.80 Å². The van der Waals surface area contributed by atoms with Crippen molar-refractivity contribution in [2.45, 2.75) is 18.8 Å². The Labute approximate surface area is 117 Å². The predicted molar refractivity (Wildman–Crippen MR) is 60.6 cm³/mol. The molecule has 1 fully saturated rings. The van der Waals surface area contributed by atoms with Crippen molar-refractivity contribution < 1.29 is 35.9 Å². The number of ether oxygens (including phenoxy) is 1. The summed E-state index contributed by atoms with van der Waals surface area (Å²) in [6, 6.07) is 0. The molecular weight excluding hydrogens is 306 g/mol. The number of amides is 1. The second-order valence-electron chi connectivity index (χ2n) is 4.73. The van der Waals surface area contributed by atoms with Crippen molar-refractivity contribution in [2.75, 3.05) is 45.9 Å². The number of carbonyl (C=O) groups is 1. The summed E-state index contributed by atoms with van der Waals surface area (Å²) in [4.78, 5) is 14.0. The number of hydrogen-bond acceptors (Lipinski definition) is 3. The lowest BCUT2D eigenvalue weighted by molar-refractivity contribution is -0.177. The first-order valence-electron chi connectivity index (χ1n) is 6.28. The zero-order valence-electron chi connectivity index (χ0n) is 11.1. The van der Waals surface area contributed by atoms with Crippen LogP contribution in [0, 0.1) is 0 Å². The smallest absolute Gasteiger partial charge is 0.362 e. The molecule has 0 bridgehead atoms. The highest BCUT2D eigenvalue weighted by atomic mass is 19.4. The summed E-state index contributed by atoms with van der Waals surface area (Å²) in [5, 5.41) is 0. The third-order valence-electron chi connectivity index (χ3n) is 2.84. The van der Waals surface area contributed by atoms with Gasteiger partial charge in [0.05, 0.1) is 6.54 Å². The van der Waals surface area contributed by atoms with Gasteiger partial charge in [-0.2, -0.15) is 26.3 Å². The SMILES string of the molecule is O=C(COCC(F)(F)F)N1CCCN(CC(F)(F)F)CC1. The average molecular weight is 322 g/mol. The molecule has 0 radical (unpaired) electrons. The number of alkyl halides is 6. The number of halogens is 6. The topological polar surface area (TPSA) is 32.8 Å². The molecule has 0 aromatic heterocycles. The highest BCUT2D eigenvalue weighted by molar-refractivity contribution is 5.77. The van der Waals surface area contributed by atoms with E-state index in [0.29, 0.717) is 6.42 Å². The largest absolute Gasteiger partial charge is 0.411 e. The van der Waals surface area contributed by atoms with Crippen LogP contribution in [0.3, 0.4) is 0 Å². The quantitative estimate of drug-likeness (QED) is 0.738. The molecule has 1 aliphatic heterocycles. The van der Waals surface area contributed by atoms with Gasteiger partial charge in [0, 0.05) is 26.2 Å². The molecule has 0 unspecified atom stereocenters. The van der Waals surface area contributed by atoms with Gasteiger partial charge in [0.1, 0.15) is 13.2 Å². The lowest BCUT2D eigenvalue weighted by Crippen LogP contribution is -2.40. The molecule has 1 amide bonds. The standard InChI is InChI=1S/C11H16F6N2O2/c12-10(13,14)7-18-2-1-3-19(5-4-18)9(20)6-21-8-11(15,16)17/h1-8H2. The number of rotatable bonds is 4. The molecule has 124 valence electrons. The Morgan fingerprint density at radius 3 is 2.19 bits per heavy atom. The van der Waals surface area contributed by atoms with Crippen LogP contribution in [0.15, 0.2) is 0 Å². The van der Waals surface area contributed by atoms with Gasteiger partial charge in [-0.1, -0.05) is 0 Å². The average Bonchev–Trinajstić information content (AvgIpc) is 2.50. The summed E-state index contributed by atoms with van der Waals surface area (Å²) >= 11 is 0. The molecule has 0 atom stereocenters. The Hall–Kier alpha value is -1.03. The van der Waals surface area contributed by atoms with Crippen LogP contribution in [-0.2, 0) is 9.53 Å². The molecule has 0 aromatic rings. The van der Waals surface area contributed by atoms with Gasteiger partial charge in [0.25, 0.3) is 0 Å². The van der Waals surface area contributed by atoms with Crippen LogP contribution in [0.1, 0.15) is 6.42 Å².